The molecule has 0 bridgehead atoms. The highest BCUT2D eigenvalue weighted by Crippen LogP contribution is 2.17. The maximum absolute atomic E-state index is 11.5. The molecule has 0 saturated carbocycles. The molecule has 0 aromatic heterocycles. The average Bonchev–Trinajstić information content (AvgIpc) is 2.44. The summed E-state index contributed by atoms with van der Waals surface area (Å²) in [7, 11) is 0. The van der Waals surface area contributed by atoms with Crippen LogP contribution in [0.4, 0.5) is 0 Å². The van der Waals surface area contributed by atoms with Crippen molar-refractivity contribution in [2.45, 2.75) is 52.2 Å². The number of hydrogen-bond donors (Lipinski definition) is 2. The highest BCUT2D eigenvalue weighted by atomic mass is 16.5. The monoisotopic (exact) mass is 306 g/mol. The van der Waals surface area contributed by atoms with E-state index in [1.54, 1.807) is 0 Å². The molecule has 1 amide bonds. The van der Waals surface area contributed by atoms with E-state index in [-0.39, 0.29) is 18.1 Å². The summed E-state index contributed by atoms with van der Waals surface area (Å²) in [5.41, 5.74) is 2.29. The normalized spacial score (nSPS) is 24.0. The van der Waals surface area contributed by atoms with E-state index in [0.717, 1.165) is 25.2 Å². The third-order valence-corrected chi connectivity index (χ3v) is 3.84. The van der Waals surface area contributed by atoms with Gasteiger partial charge in [-0.3, -0.25) is 9.69 Å². The fraction of sp³-hybridized carbons (Fsp3) is 0.588. The average molecular weight is 306 g/mol. The maximum atomic E-state index is 11.5. The minimum atomic E-state index is -0.979. The van der Waals surface area contributed by atoms with Gasteiger partial charge >= 0.3 is 0 Å². The van der Waals surface area contributed by atoms with Gasteiger partial charge in [-0.1, -0.05) is 24.3 Å². The van der Waals surface area contributed by atoms with Gasteiger partial charge < -0.3 is 15.2 Å². The van der Waals surface area contributed by atoms with Crippen LogP contribution in [0.25, 0.3) is 0 Å². The molecule has 1 aromatic rings. The van der Waals surface area contributed by atoms with Crippen LogP contribution in [0.2, 0.25) is 0 Å². The summed E-state index contributed by atoms with van der Waals surface area (Å²) >= 11 is 0. The van der Waals surface area contributed by atoms with Crippen LogP contribution < -0.4 is 5.32 Å². The topological polar surface area (TPSA) is 61.8 Å². The van der Waals surface area contributed by atoms with Gasteiger partial charge in [0.05, 0.1) is 12.2 Å². The summed E-state index contributed by atoms with van der Waals surface area (Å²) in [5, 5.41) is 12.0. The van der Waals surface area contributed by atoms with Crippen molar-refractivity contribution in [3.63, 3.8) is 0 Å². The molecule has 3 atom stereocenters. The van der Waals surface area contributed by atoms with Crippen LogP contribution in [-0.2, 0) is 22.6 Å². The number of morpholine rings is 1. The first-order valence-electron chi connectivity index (χ1n) is 7.86. The molecule has 0 radical (unpaired) electrons. The van der Waals surface area contributed by atoms with E-state index in [1.165, 1.54) is 12.5 Å². The molecule has 0 spiro atoms. The molecule has 1 saturated heterocycles. The number of ether oxygens (including phenoxy) is 1. The van der Waals surface area contributed by atoms with Crippen molar-refractivity contribution in [3.05, 3.63) is 35.4 Å². The zero-order valence-corrected chi connectivity index (χ0v) is 13.6. The van der Waals surface area contributed by atoms with Gasteiger partial charge in [0.2, 0.25) is 5.91 Å². The smallest absolute Gasteiger partial charge is 0.248 e. The summed E-state index contributed by atoms with van der Waals surface area (Å²) in [4.78, 5) is 13.9. The largest absolute Gasteiger partial charge is 0.384 e. The molecule has 1 heterocycles. The molecule has 2 rings (SSSR count). The summed E-state index contributed by atoms with van der Waals surface area (Å²) in [5.74, 6) is -0.344. The fourth-order valence-corrected chi connectivity index (χ4v) is 2.87. The van der Waals surface area contributed by atoms with E-state index in [9.17, 15) is 9.90 Å². The van der Waals surface area contributed by atoms with Gasteiger partial charge in [-0.15, -0.1) is 0 Å². The quantitative estimate of drug-likeness (QED) is 0.860. The number of carbonyl (C=O) groups is 1. The van der Waals surface area contributed by atoms with Crippen LogP contribution in [0.5, 0.6) is 0 Å². The Morgan fingerprint density at radius 2 is 1.91 bits per heavy atom. The predicted octanol–water partition coefficient (Wildman–Crippen LogP) is 1.29. The number of amides is 1. The van der Waals surface area contributed by atoms with E-state index in [0.29, 0.717) is 6.54 Å². The number of nitrogens with zero attached hydrogens (tertiary/aromatic N) is 1. The van der Waals surface area contributed by atoms with Gasteiger partial charge in [0.1, 0.15) is 6.10 Å². The van der Waals surface area contributed by atoms with Gasteiger partial charge in [0.15, 0.2) is 0 Å². The van der Waals surface area contributed by atoms with E-state index in [1.807, 2.05) is 18.2 Å². The van der Waals surface area contributed by atoms with Crippen molar-refractivity contribution in [2.24, 2.45) is 0 Å². The van der Waals surface area contributed by atoms with Crippen molar-refractivity contribution in [1.82, 2.24) is 10.2 Å². The Morgan fingerprint density at radius 3 is 2.50 bits per heavy atom. The second-order valence-corrected chi connectivity index (χ2v) is 6.11. The number of rotatable bonds is 5. The maximum Gasteiger partial charge on any atom is 0.248 e. The van der Waals surface area contributed by atoms with Gasteiger partial charge in [-0.25, -0.2) is 0 Å². The zero-order valence-electron chi connectivity index (χ0n) is 13.6. The Balaban J connectivity index is 2.00. The Labute approximate surface area is 132 Å². The molecule has 1 aromatic carbocycles. The third-order valence-electron chi connectivity index (χ3n) is 3.84. The van der Waals surface area contributed by atoms with Gasteiger partial charge in [-0.05, 0) is 31.9 Å². The van der Waals surface area contributed by atoms with Gasteiger partial charge in [0, 0.05) is 26.2 Å². The number of benzene rings is 1. The number of aliphatic hydroxyl groups is 1. The van der Waals surface area contributed by atoms with Gasteiger partial charge in [0.25, 0.3) is 0 Å². The summed E-state index contributed by atoms with van der Waals surface area (Å²) < 4.78 is 5.76. The molecule has 1 aliphatic heterocycles. The number of aliphatic hydroxyl groups excluding tert-OH is 1. The molecule has 2 N–H and O–H groups in total. The Hall–Kier alpha value is -1.43. The summed E-state index contributed by atoms with van der Waals surface area (Å²) in [6.07, 6.45) is -0.496. The van der Waals surface area contributed by atoms with Crippen LogP contribution >= 0.6 is 0 Å². The highest BCUT2D eigenvalue weighted by molar-refractivity contribution is 5.79. The summed E-state index contributed by atoms with van der Waals surface area (Å²) in [6, 6.07) is 8.10. The SMILES string of the molecule is CC1CN(Cc2ccccc2CNC(=O)C(C)O)CC(C)O1. The summed E-state index contributed by atoms with van der Waals surface area (Å²) in [6.45, 7) is 8.78. The molecule has 3 unspecified atom stereocenters. The van der Waals surface area contributed by atoms with Crippen LogP contribution in [0.1, 0.15) is 31.9 Å². The van der Waals surface area contributed by atoms with Crippen molar-refractivity contribution in [3.8, 4) is 0 Å². The second kappa shape index (κ2) is 7.72. The van der Waals surface area contributed by atoms with Crippen LogP contribution in [0, 0.1) is 0 Å². The van der Waals surface area contributed by atoms with E-state index < -0.39 is 6.10 Å². The van der Waals surface area contributed by atoms with Crippen molar-refractivity contribution >= 4 is 5.91 Å². The minimum Gasteiger partial charge on any atom is -0.384 e. The molecule has 1 fully saturated rings. The van der Waals surface area contributed by atoms with Crippen molar-refractivity contribution in [1.29, 1.82) is 0 Å². The fourth-order valence-electron chi connectivity index (χ4n) is 2.87. The van der Waals surface area contributed by atoms with Crippen LogP contribution in [-0.4, -0.2) is 47.3 Å². The third kappa shape index (κ3) is 4.80. The first kappa shape index (κ1) is 16.9. The van der Waals surface area contributed by atoms with Crippen LogP contribution in [0.3, 0.4) is 0 Å². The first-order valence-corrected chi connectivity index (χ1v) is 7.86. The Kier molecular flexibility index (Phi) is 5.94. The molecule has 0 aliphatic carbocycles. The lowest BCUT2D eigenvalue weighted by molar-refractivity contribution is -0.128. The number of nitrogens with one attached hydrogen (secondary N) is 1. The molecule has 122 valence electrons. The second-order valence-electron chi connectivity index (χ2n) is 6.11. The lowest BCUT2D eigenvalue weighted by Crippen LogP contribution is -2.45. The Morgan fingerprint density at radius 1 is 1.32 bits per heavy atom. The number of carbonyl (C=O) groups excluding carboxylic acids is 1. The Bertz CT molecular complexity index is 494. The molecule has 5 heteroatoms. The van der Waals surface area contributed by atoms with Crippen molar-refractivity contribution in [2.75, 3.05) is 13.1 Å². The molecule has 1 aliphatic rings. The van der Waals surface area contributed by atoms with Crippen molar-refractivity contribution < 1.29 is 14.6 Å². The predicted molar refractivity (Wildman–Crippen MR) is 85.3 cm³/mol. The number of hydrogen-bond acceptors (Lipinski definition) is 4. The lowest BCUT2D eigenvalue weighted by Gasteiger charge is -2.35. The lowest BCUT2D eigenvalue weighted by atomic mass is 10.1. The van der Waals surface area contributed by atoms with E-state index in [4.69, 9.17) is 4.74 Å². The highest BCUT2D eigenvalue weighted by Gasteiger charge is 2.22. The molecular weight excluding hydrogens is 280 g/mol. The zero-order chi connectivity index (χ0) is 16.1. The molecule has 22 heavy (non-hydrogen) atoms. The molecule has 5 nitrogen and oxygen atoms in total. The minimum absolute atomic E-state index is 0.242. The molecular formula is C17H26N2O3. The van der Waals surface area contributed by atoms with E-state index >= 15 is 0 Å². The first-order chi connectivity index (χ1) is 10.5. The van der Waals surface area contributed by atoms with Gasteiger partial charge in [-0.2, -0.15) is 0 Å². The van der Waals surface area contributed by atoms with Crippen LogP contribution in [0.15, 0.2) is 24.3 Å². The van der Waals surface area contributed by atoms with E-state index in [2.05, 4.69) is 30.1 Å². The standard InChI is InChI=1S/C17H26N2O3/c1-12-9-19(10-13(2)22-12)11-16-7-5-4-6-15(16)8-18-17(21)14(3)20/h4-7,12-14,20H,8-11H2,1-3H3,(H,18,21).